The highest BCUT2D eigenvalue weighted by molar-refractivity contribution is 7.86. The molecule has 3 rings (SSSR count). The Kier molecular flexibility index (Phi) is 8.43. The lowest BCUT2D eigenvalue weighted by Crippen LogP contribution is -2.42. The first kappa shape index (κ1) is 25.4. The first-order valence-corrected chi connectivity index (χ1v) is 12.2. The van der Waals surface area contributed by atoms with Crippen LogP contribution in [0.4, 0.5) is 0 Å². The first-order valence-electron chi connectivity index (χ1n) is 10.8. The molecule has 182 valence electrons. The second-order valence-corrected chi connectivity index (χ2v) is 9.83. The van der Waals surface area contributed by atoms with E-state index in [2.05, 4.69) is 4.98 Å². The lowest BCUT2D eigenvalue weighted by Gasteiger charge is -2.24. The molecule has 34 heavy (non-hydrogen) atoms. The molecule has 0 aliphatic heterocycles. The minimum Gasteiger partial charge on any atom is -0.487 e. The molecule has 0 radical (unpaired) electrons. The Bertz CT molecular complexity index is 1190. The van der Waals surface area contributed by atoms with Gasteiger partial charge in [-0.15, -0.1) is 0 Å². The zero-order chi connectivity index (χ0) is 24.7. The quantitative estimate of drug-likeness (QED) is 0.382. The molecule has 2 aromatic carbocycles. The van der Waals surface area contributed by atoms with Crippen molar-refractivity contribution in [2.75, 3.05) is 27.2 Å². The van der Waals surface area contributed by atoms with Gasteiger partial charge < -0.3 is 13.9 Å². The number of rotatable bonds is 11. The summed E-state index contributed by atoms with van der Waals surface area (Å²) >= 11 is 0. The number of oxazole rings is 1. The Morgan fingerprint density at radius 3 is 2.35 bits per heavy atom. The number of benzene rings is 2. The second-order valence-electron chi connectivity index (χ2n) is 7.68. The molecule has 10 heteroatoms. The van der Waals surface area contributed by atoms with Gasteiger partial charge >= 0.3 is 5.97 Å². The minimum atomic E-state index is -3.82. The van der Waals surface area contributed by atoms with Crippen molar-refractivity contribution in [1.82, 2.24) is 13.6 Å². The van der Waals surface area contributed by atoms with E-state index in [9.17, 15) is 13.2 Å². The Labute approximate surface area is 200 Å². The third kappa shape index (κ3) is 6.43. The van der Waals surface area contributed by atoms with Gasteiger partial charge in [0.2, 0.25) is 5.89 Å². The van der Waals surface area contributed by atoms with Crippen molar-refractivity contribution in [1.29, 1.82) is 0 Å². The van der Waals surface area contributed by atoms with Gasteiger partial charge in [-0.3, -0.25) is 4.79 Å². The van der Waals surface area contributed by atoms with Gasteiger partial charge in [0.15, 0.2) is 0 Å². The number of nitrogens with zero attached hydrogens (tertiary/aromatic N) is 3. The molecule has 0 unspecified atom stereocenters. The van der Waals surface area contributed by atoms with Crippen molar-refractivity contribution in [2.45, 2.75) is 27.0 Å². The van der Waals surface area contributed by atoms with Gasteiger partial charge in [0.1, 0.15) is 30.4 Å². The summed E-state index contributed by atoms with van der Waals surface area (Å²) in [5.74, 6) is 1.21. The van der Waals surface area contributed by atoms with Crippen LogP contribution in [-0.4, -0.2) is 55.2 Å². The molecule has 0 fully saturated rings. The average Bonchev–Trinajstić information content (AvgIpc) is 3.19. The molecule has 9 nitrogen and oxygen atoms in total. The molecule has 1 heterocycles. The molecular weight excluding hydrogens is 458 g/mol. The minimum absolute atomic E-state index is 0.0163. The van der Waals surface area contributed by atoms with Crippen molar-refractivity contribution in [3.63, 3.8) is 0 Å². The second kappa shape index (κ2) is 11.3. The SMILES string of the molecule is CCOC(=O)CN(Cc1ccc(OCc2nc(-c3ccccc3)oc2C)cc1)S(=O)(=O)N(C)C. The van der Waals surface area contributed by atoms with Crippen molar-refractivity contribution in [2.24, 2.45) is 0 Å². The summed E-state index contributed by atoms with van der Waals surface area (Å²) in [6.07, 6.45) is 0. The molecule has 1 aromatic heterocycles. The lowest BCUT2D eigenvalue weighted by molar-refractivity contribution is -0.143. The third-order valence-corrected chi connectivity index (χ3v) is 6.80. The summed E-state index contributed by atoms with van der Waals surface area (Å²) in [4.78, 5) is 16.5. The van der Waals surface area contributed by atoms with Gasteiger partial charge in [0.25, 0.3) is 10.2 Å². The van der Waals surface area contributed by atoms with Crippen LogP contribution in [0.25, 0.3) is 11.5 Å². The van der Waals surface area contributed by atoms with E-state index in [1.54, 1.807) is 31.2 Å². The number of ether oxygens (including phenoxy) is 2. The maximum Gasteiger partial charge on any atom is 0.321 e. The van der Waals surface area contributed by atoms with Crippen LogP contribution in [-0.2, 0) is 32.9 Å². The Balaban J connectivity index is 1.66. The molecule has 0 aliphatic carbocycles. The Morgan fingerprint density at radius 1 is 1.06 bits per heavy atom. The molecule has 3 aromatic rings. The summed E-state index contributed by atoms with van der Waals surface area (Å²) in [6.45, 7) is 3.56. The van der Waals surface area contributed by atoms with Crippen LogP contribution >= 0.6 is 0 Å². The highest BCUT2D eigenvalue weighted by atomic mass is 32.2. The van der Waals surface area contributed by atoms with Gasteiger partial charge in [-0.25, -0.2) is 4.98 Å². The van der Waals surface area contributed by atoms with Crippen LogP contribution in [0.3, 0.4) is 0 Å². The van der Waals surface area contributed by atoms with Crippen LogP contribution in [0.1, 0.15) is 23.9 Å². The fourth-order valence-electron chi connectivity index (χ4n) is 3.11. The summed E-state index contributed by atoms with van der Waals surface area (Å²) in [5, 5.41) is 0. The monoisotopic (exact) mass is 487 g/mol. The van der Waals surface area contributed by atoms with E-state index in [1.807, 2.05) is 37.3 Å². The number of hydrogen-bond donors (Lipinski definition) is 0. The first-order chi connectivity index (χ1) is 16.2. The predicted octanol–water partition coefficient (Wildman–Crippen LogP) is 3.40. The molecular formula is C24H29N3O6S. The topological polar surface area (TPSA) is 102 Å². The van der Waals surface area contributed by atoms with E-state index >= 15 is 0 Å². The van der Waals surface area contributed by atoms with E-state index < -0.39 is 16.2 Å². The number of aryl methyl sites for hydroxylation is 1. The van der Waals surface area contributed by atoms with E-state index in [0.717, 1.165) is 14.2 Å². The number of aromatic nitrogens is 1. The van der Waals surface area contributed by atoms with Gasteiger partial charge in [-0.1, -0.05) is 30.3 Å². The number of hydrogen-bond acceptors (Lipinski definition) is 7. The summed E-state index contributed by atoms with van der Waals surface area (Å²) in [5.41, 5.74) is 2.29. The molecule has 0 saturated carbocycles. The Morgan fingerprint density at radius 2 is 1.74 bits per heavy atom. The van der Waals surface area contributed by atoms with Gasteiger partial charge in [-0.2, -0.15) is 17.0 Å². The van der Waals surface area contributed by atoms with E-state index in [1.165, 1.54) is 14.1 Å². The smallest absolute Gasteiger partial charge is 0.321 e. The lowest BCUT2D eigenvalue weighted by atomic mass is 10.2. The Hall–Kier alpha value is -3.21. The van der Waals surface area contributed by atoms with Crippen LogP contribution in [0.15, 0.2) is 59.0 Å². The average molecular weight is 488 g/mol. The van der Waals surface area contributed by atoms with E-state index in [0.29, 0.717) is 28.7 Å². The number of carbonyl (C=O) groups is 1. The number of carbonyl (C=O) groups excluding carboxylic acids is 1. The predicted molar refractivity (Wildman–Crippen MR) is 127 cm³/mol. The highest BCUT2D eigenvalue weighted by Gasteiger charge is 2.27. The van der Waals surface area contributed by atoms with Crippen molar-refractivity contribution < 1.29 is 27.1 Å². The molecule has 0 N–H and O–H groups in total. The van der Waals surface area contributed by atoms with Gasteiger partial charge in [0, 0.05) is 26.2 Å². The standard InChI is InChI=1S/C24H29N3O6S/c1-5-31-23(28)16-27(34(29,30)26(3)4)15-19-11-13-21(14-12-19)32-17-22-18(2)33-24(25-22)20-9-7-6-8-10-20/h6-14H,5,15-17H2,1-4H3. The molecule has 0 saturated heterocycles. The van der Waals surface area contributed by atoms with Gasteiger partial charge in [-0.05, 0) is 43.7 Å². The molecule has 0 atom stereocenters. The summed E-state index contributed by atoms with van der Waals surface area (Å²) in [6, 6.07) is 16.6. The fourth-order valence-corrected chi connectivity index (χ4v) is 4.16. The molecule has 0 amide bonds. The number of esters is 1. The molecule has 0 aliphatic rings. The van der Waals surface area contributed by atoms with E-state index in [-0.39, 0.29) is 26.3 Å². The maximum absolute atomic E-state index is 12.6. The highest BCUT2D eigenvalue weighted by Crippen LogP contribution is 2.23. The van der Waals surface area contributed by atoms with Crippen molar-refractivity contribution in [3.8, 4) is 17.2 Å². The third-order valence-electron chi connectivity index (χ3n) is 4.97. The van der Waals surface area contributed by atoms with E-state index in [4.69, 9.17) is 13.9 Å². The van der Waals surface area contributed by atoms with Crippen molar-refractivity contribution >= 4 is 16.2 Å². The summed E-state index contributed by atoms with van der Waals surface area (Å²) < 4.78 is 43.9. The zero-order valence-electron chi connectivity index (χ0n) is 19.7. The zero-order valence-corrected chi connectivity index (χ0v) is 20.5. The summed E-state index contributed by atoms with van der Waals surface area (Å²) in [7, 11) is -0.984. The van der Waals surface area contributed by atoms with Crippen LogP contribution in [0.5, 0.6) is 5.75 Å². The van der Waals surface area contributed by atoms with Gasteiger partial charge in [0.05, 0.1) is 6.61 Å². The van der Waals surface area contributed by atoms with Crippen LogP contribution in [0.2, 0.25) is 0 Å². The van der Waals surface area contributed by atoms with Crippen molar-refractivity contribution in [3.05, 3.63) is 71.6 Å². The fraction of sp³-hybridized carbons (Fsp3) is 0.333. The van der Waals surface area contributed by atoms with Crippen LogP contribution < -0.4 is 4.74 Å². The van der Waals surface area contributed by atoms with Crippen LogP contribution in [0, 0.1) is 6.92 Å². The largest absolute Gasteiger partial charge is 0.487 e. The molecule has 0 bridgehead atoms. The normalized spacial score (nSPS) is 11.7. The maximum atomic E-state index is 12.6. The molecule has 0 spiro atoms.